The van der Waals surface area contributed by atoms with Gasteiger partial charge in [-0.25, -0.2) is 4.79 Å². The van der Waals surface area contributed by atoms with Gasteiger partial charge in [0.1, 0.15) is 23.4 Å². The molecule has 1 fully saturated rings. The average molecular weight is 428 g/mol. The summed E-state index contributed by atoms with van der Waals surface area (Å²) in [6.07, 6.45) is 1.12. The molecule has 1 saturated heterocycles. The van der Waals surface area contributed by atoms with Crippen LogP contribution in [-0.2, 0) is 27.3 Å². The van der Waals surface area contributed by atoms with Crippen molar-refractivity contribution in [3.05, 3.63) is 29.3 Å². The van der Waals surface area contributed by atoms with E-state index in [1.165, 1.54) is 4.90 Å². The highest BCUT2D eigenvalue weighted by atomic mass is 16.6. The zero-order valence-electron chi connectivity index (χ0n) is 18.1. The van der Waals surface area contributed by atoms with Crippen LogP contribution in [0.1, 0.15) is 44.7 Å². The van der Waals surface area contributed by atoms with E-state index in [1.807, 2.05) is 6.07 Å². The molecule has 0 spiro atoms. The van der Waals surface area contributed by atoms with Gasteiger partial charge in [-0.3, -0.25) is 14.5 Å². The summed E-state index contributed by atoms with van der Waals surface area (Å²) >= 11 is 0. The van der Waals surface area contributed by atoms with E-state index in [4.69, 9.17) is 15.2 Å². The van der Waals surface area contributed by atoms with E-state index in [1.54, 1.807) is 37.8 Å². The molecule has 9 nitrogen and oxygen atoms in total. The van der Waals surface area contributed by atoms with Gasteiger partial charge < -0.3 is 20.1 Å². The van der Waals surface area contributed by atoms with Crippen LogP contribution in [0.2, 0.25) is 0 Å². The lowest BCUT2D eigenvalue weighted by molar-refractivity contribution is -0.137. The molecule has 0 bridgehead atoms. The molecule has 3 rings (SSSR count). The molecule has 2 atom stereocenters. The molecule has 9 heteroatoms. The third-order valence-electron chi connectivity index (χ3n) is 5.29. The van der Waals surface area contributed by atoms with Gasteiger partial charge >= 0.3 is 6.09 Å². The van der Waals surface area contributed by atoms with Gasteiger partial charge in [-0.2, -0.15) is 5.26 Å². The minimum Gasteiger partial charge on any atom is -0.484 e. The minimum absolute atomic E-state index is 0.152. The second-order valence-corrected chi connectivity index (χ2v) is 8.83. The van der Waals surface area contributed by atoms with E-state index in [-0.39, 0.29) is 19.1 Å². The van der Waals surface area contributed by atoms with Crippen LogP contribution in [0.15, 0.2) is 18.2 Å². The Labute approximate surface area is 181 Å². The zero-order chi connectivity index (χ0) is 22.8. The molecule has 166 valence electrons. The Balaban J connectivity index is 1.90. The third-order valence-corrected chi connectivity index (χ3v) is 5.29. The van der Waals surface area contributed by atoms with Crippen molar-refractivity contribution < 1.29 is 23.9 Å². The molecule has 0 radical (unpaired) electrons. The summed E-state index contributed by atoms with van der Waals surface area (Å²) < 4.78 is 10.9. The minimum atomic E-state index is -0.756. The van der Waals surface area contributed by atoms with Gasteiger partial charge in [0.15, 0.2) is 6.61 Å². The Morgan fingerprint density at radius 2 is 1.97 bits per heavy atom. The number of primary amides is 1. The lowest BCUT2D eigenvalue weighted by Crippen LogP contribution is -2.55. The van der Waals surface area contributed by atoms with Gasteiger partial charge in [0, 0.05) is 13.0 Å². The summed E-state index contributed by atoms with van der Waals surface area (Å²) in [5.41, 5.74) is 6.11. The highest BCUT2D eigenvalue weighted by Gasteiger charge is 2.41. The van der Waals surface area contributed by atoms with Gasteiger partial charge in [0.2, 0.25) is 5.91 Å². The maximum absolute atomic E-state index is 13.4. The first-order valence-corrected chi connectivity index (χ1v) is 10.3. The normalized spacial score (nSPS) is 20.6. The molecule has 2 aliphatic rings. The molecule has 0 aliphatic carbocycles. The maximum atomic E-state index is 13.4. The van der Waals surface area contributed by atoms with Crippen molar-refractivity contribution in [3.8, 4) is 11.8 Å². The fraction of sp³-hybridized carbons (Fsp3) is 0.545. The average Bonchev–Trinajstić information content (AvgIpc) is 3.18. The van der Waals surface area contributed by atoms with E-state index in [9.17, 15) is 19.6 Å². The van der Waals surface area contributed by atoms with E-state index >= 15 is 0 Å². The van der Waals surface area contributed by atoms with Crippen LogP contribution in [-0.4, -0.2) is 58.5 Å². The summed E-state index contributed by atoms with van der Waals surface area (Å²) in [7, 11) is 0. The molecule has 2 aliphatic heterocycles. The van der Waals surface area contributed by atoms with Gasteiger partial charge in [0.25, 0.3) is 5.91 Å². The highest BCUT2D eigenvalue weighted by Crippen LogP contribution is 2.30. The van der Waals surface area contributed by atoms with Crippen LogP contribution in [0.5, 0.6) is 5.75 Å². The van der Waals surface area contributed by atoms with Crippen molar-refractivity contribution in [2.24, 2.45) is 5.73 Å². The van der Waals surface area contributed by atoms with Crippen molar-refractivity contribution in [1.29, 1.82) is 5.26 Å². The molecule has 1 aromatic rings. The number of fused-ring (bicyclic) bond motifs is 1. The van der Waals surface area contributed by atoms with Crippen LogP contribution in [0.3, 0.4) is 0 Å². The Kier molecular flexibility index (Phi) is 6.39. The van der Waals surface area contributed by atoms with Crippen molar-refractivity contribution in [3.63, 3.8) is 0 Å². The number of nitrogens with two attached hydrogens (primary N) is 1. The Morgan fingerprint density at radius 1 is 1.23 bits per heavy atom. The second kappa shape index (κ2) is 8.84. The summed E-state index contributed by atoms with van der Waals surface area (Å²) in [4.78, 5) is 40.3. The van der Waals surface area contributed by atoms with Gasteiger partial charge in [0.05, 0.1) is 12.6 Å². The number of amides is 3. The lowest BCUT2D eigenvalue weighted by Gasteiger charge is -2.39. The third kappa shape index (κ3) is 5.26. The summed E-state index contributed by atoms with van der Waals surface area (Å²) in [6.45, 7) is 5.70. The number of nitrogens with zero attached hydrogens (tertiary/aromatic N) is 3. The number of hydrogen-bond donors (Lipinski definition) is 1. The number of carbonyl (C=O) groups excluding carboxylic acids is 3. The van der Waals surface area contributed by atoms with Gasteiger partial charge in [-0.05, 0) is 56.9 Å². The first-order chi connectivity index (χ1) is 14.6. The molecule has 0 aromatic heterocycles. The molecule has 2 N–H and O–H groups in total. The first kappa shape index (κ1) is 22.4. The van der Waals surface area contributed by atoms with Gasteiger partial charge in [-0.1, -0.05) is 6.07 Å². The van der Waals surface area contributed by atoms with E-state index < -0.39 is 29.7 Å². The van der Waals surface area contributed by atoms with Crippen molar-refractivity contribution >= 4 is 17.9 Å². The highest BCUT2D eigenvalue weighted by molar-refractivity contribution is 5.87. The van der Waals surface area contributed by atoms with E-state index in [2.05, 4.69) is 6.07 Å². The monoisotopic (exact) mass is 428 g/mol. The number of hydrogen-bond acceptors (Lipinski definition) is 6. The number of nitriles is 1. The molecule has 0 unspecified atom stereocenters. The van der Waals surface area contributed by atoms with Crippen molar-refractivity contribution in [2.75, 3.05) is 13.2 Å². The molecule has 0 saturated carbocycles. The fourth-order valence-corrected chi connectivity index (χ4v) is 3.89. The number of rotatable bonds is 4. The number of ether oxygens (including phenoxy) is 2. The molecular formula is C22H28N4O5. The Morgan fingerprint density at radius 3 is 2.61 bits per heavy atom. The first-order valence-electron chi connectivity index (χ1n) is 10.3. The Hall–Kier alpha value is -3.28. The Bertz CT molecular complexity index is 917. The van der Waals surface area contributed by atoms with Crippen LogP contribution in [0.4, 0.5) is 4.79 Å². The molecule has 1 aromatic carbocycles. The van der Waals surface area contributed by atoms with Crippen LogP contribution in [0, 0.1) is 11.3 Å². The van der Waals surface area contributed by atoms with Crippen LogP contribution >= 0.6 is 0 Å². The topological polar surface area (TPSA) is 126 Å². The van der Waals surface area contributed by atoms with Gasteiger partial charge in [-0.15, -0.1) is 0 Å². The fourth-order valence-electron chi connectivity index (χ4n) is 3.89. The van der Waals surface area contributed by atoms with E-state index in [0.717, 1.165) is 17.5 Å². The summed E-state index contributed by atoms with van der Waals surface area (Å²) in [5.74, 6) is -0.374. The predicted molar refractivity (Wildman–Crippen MR) is 111 cm³/mol. The molecule has 2 heterocycles. The summed E-state index contributed by atoms with van der Waals surface area (Å²) in [5, 5.41) is 9.39. The maximum Gasteiger partial charge on any atom is 0.411 e. The van der Waals surface area contributed by atoms with Crippen molar-refractivity contribution in [2.45, 2.75) is 64.3 Å². The standard InChI is InChI=1S/C22H28N4O5/c1-22(2,3)31-21(29)26-12-15-9-17(30-13-19(24)27)7-6-14(15)10-18(26)20(28)25-8-4-5-16(25)11-23/h6-7,9,16,18H,4-5,8,10,12-13H2,1-3H3,(H2,24,27)/t16-,18-/m0/s1. The van der Waals surface area contributed by atoms with Crippen LogP contribution < -0.4 is 10.5 Å². The molecule has 3 amide bonds. The van der Waals surface area contributed by atoms with Crippen LogP contribution in [0.25, 0.3) is 0 Å². The van der Waals surface area contributed by atoms with Crippen molar-refractivity contribution in [1.82, 2.24) is 9.80 Å². The largest absolute Gasteiger partial charge is 0.484 e. The SMILES string of the molecule is CC(C)(C)OC(=O)N1Cc2cc(OCC(N)=O)ccc2C[C@H]1C(=O)N1CCC[C@H]1C#N. The number of carbonyl (C=O) groups is 3. The van der Waals surface area contributed by atoms with E-state index in [0.29, 0.717) is 25.1 Å². The predicted octanol–water partition coefficient (Wildman–Crippen LogP) is 1.73. The smallest absolute Gasteiger partial charge is 0.411 e. The molecule has 31 heavy (non-hydrogen) atoms. The second-order valence-electron chi connectivity index (χ2n) is 8.83. The summed E-state index contributed by atoms with van der Waals surface area (Å²) in [6, 6.07) is 6.23. The quantitative estimate of drug-likeness (QED) is 0.778. The number of benzene rings is 1. The number of likely N-dealkylation sites (tertiary alicyclic amines) is 1. The zero-order valence-corrected chi connectivity index (χ0v) is 18.1. The molecular weight excluding hydrogens is 400 g/mol. The lowest BCUT2D eigenvalue weighted by atomic mass is 9.93.